The van der Waals surface area contributed by atoms with E-state index in [1.165, 1.54) is 0 Å². The summed E-state index contributed by atoms with van der Waals surface area (Å²) >= 11 is 3.17. The smallest absolute Gasteiger partial charge is 0.218 e. The van der Waals surface area contributed by atoms with Crippen LogP contribution in [0, 0.1) is 0 Å². The number of nitrogens with two attached hydrogens (primary N) is 1. The van der Waals surface area contributed by atoms with Gasteiger partial charge < -0.3 is 5.73 Å². The zero-order chi connectivity index (χ0) is 7.84. The molecule has 2 heterocycles. The molecule has 0 atom stereocenters. The molecule has 0 bridgehead atoms. The Kier molecular flexibility index (Phi) is 2.54. The standard InChI is InChI=1S/C6H5BrN4.ClH/c7-6-9-5-3-4(8)1-2-11(5)10-6;/h1-3H,8H2;1H. The van der Waals surface area contributed by atoms with E-state index in [9.17, 15) is 0 Å². The highest BCUT2D eigenvalue weighted by Gasteiger charge is 1.98. The van der Waals surface area contributed by atoms with E-state index in [4.69, 9.17) is 5.73 Å². The molecule has 12 heavy (non-hydrogen) atoms. The number of hydrogen-bond donors (Lipinski definition) is 1. The van der Waals surface area contributed by atoms with Gasteiger partial charge in [0.1, 0.15) is 0 Å². The lowest BCUT2D eigenvalue weighted by Crippen LogP contribution is -1.89. The van der Waals surface area contributed by atoms with Crippen molar-refractivity contribution in [2.75, 3.05) is 5.73 Å². The van der Waals surface area contributed by atoms with Crippen molar-refractivity contribution in [3.8, 4) is 0 Å². The molecule has 0 aliphatic carbocycles. The summed E-state index contributed by atoms with van der Waals surface area (Å²) in [7, 11) is 0. The van der Waals surface area contributed by atoms with Gasteiger partial charge in [0.15, 0.2) is 5.65 Å². The topological polar surface area (TPSA) is 56.2 Å². The molecule has 0 aliphatic heterocycles. The van der Waals surface area contributed by atoms with Crippen molar-refractivity contribution >= 4 is 39.7 Å². The second kappa shape index (κ2) is 3.28. The Morgan fingerprint density at radius 1 is 1.50 bits per heavy atom. The maximum atomic E-state index is 5.54. The lowest BCUT2D eigenvalue weighted by Gasteiger charge is -1.91. The minimum absolute atomic E-state index is 0. The maximum absolute atomic E-state index is 5.54. The van der Waals surface area contributed by atoms with E-state index in [-0.39, 0.29) is 12.4 Å². The third-order valence-corrected chi connectivity index (χ3v) is 1.67. The van der Waals surface area contributed by atoms with Crippen LogP contribution < -0.4 is 5.73 Å². The Labute approximate surface area is 83.3 Å². The predicted molar refractivity (Wildman–Crippen MR) is 52.3 cm³/mol. The normalized spacial score (nSPS) is 9.75. The van der Waals surface area contributed by atoms with Crippen molar-refractivity contribution in [1.82, 2.24) is 14.6 Å². The number of aromatic nitrogens is 3. The molecule has 0 amide bonds. The molecule has 2 N–H and O–H groups in total. The minimum atomic E-state index is 0. The molecule has 0 aliphatic rings. The Morgan fingerprint density at radius 2 is 2.25 bits per heavy atom. The van der Waals surface area contributed by atoms with Crippen LogP contribution in [0.25, 0.3) is 5.65 Å². The fraction of sp³-hybridized carbons (Fsp3) is 0. The SMILES string of the molecule is Cl.Nc1ccn2nc(Br)nc2c1. The van der Waals surface area contributed by atoms with Crippen molar-refractivity contribution in [2.45, 2.75) is 0 Å². The predicted octanol–water partition coefficient (Wildman–Crippen LogP) is 1.50. The summed E-state index contributed by atoms with van der Waals surface area (Å²) in [6.07, 6.45) is 1.77. The molecule has 0 radical (unpaired) electrons. The number of fused-ring (bicyclic) bond motifs is 1. The first kappa shape index (κ1) is 9.28. The number of nitrogens with zero attached hydrogens (tertiary/aromatic N) is 3. The summed E-state index contributed by atoms with van der Waals surface area (Å²) < 4.78 is 2.23. The van der Waals surface area contributed by atoms with Gasteiger partial charge in [-0.05, 0) is 22.0 Å². The van der Waals surface area contributed by atoms with Crippen LogP contribution in [0.3, 0.4) is 0 Å². The monoisotopic (exact) mass is 248 g/mol. The summed E-state index contributed by atoms with van der Waals surface area (Å²) in [5, 5.41) is 4.02. The molecule has 2 aromatic heterocycles. The van der Waals surface area contributed by atoms with E-state index in [2.05, 4.69) is 26.0 Å². The Bertz CT molecular complexity index is 399. The fourth-order valence-corrected chi connectivity index (χ4v) is 1.22. The van der Waals surface area contributed by atoms with Crippen LogP contribution in [0.4, 0.5) is 5.69 Å². The maximum Gasteiger partial charge on any atom is 0.218 e. The second-order valence-corrected chi connectivity index (χ2v) is 2.85. The average molecular weight is 249 g/mol. The van der Waals surface area contributed by atoms with E-state index in [0.29, 0.717) is 10.4 Å². The van der Waals surface area contributed by atoms with E-state index in [1.54, 1.807) is 22.8 Å². The molecule has 2 aromatic rings. The van der Waals surface area contributed by atoms with Crippen LogP contribution in [-0.2, 0) is 0 Å². The third kappa shape index (κ3) is 1.51. The third-order valence-electron chi connectivity index (χ3n) is 1.34. The molecule has 0 saturated carbocycles. The fourth-order valence-electron chi connectivity index (χ4n) is 0.870. The summed E-state index contributed by atoms with van der Waals surface area (Å²) in [5.41, 5.74) is 6.98. The highest BCUT2D eigenvalue weighted by molar-refractivity contribution is 9.10. The van der Waals surface area contributed by atoms with E-state index < -0.39 is 0 Å². The number of anilines is 1. The Morgan fingerprint density at radius 3 is 3.00 bits per heavy atom. The van der Waals surface area contributed by atoms with Gasteiger partial charge in [-0.1, -0.05) is 0 Å². The lowest BCUT2D eigenvalue weighted by atomic mass is 10.4. The van der Waals surface area contributed by atoms with Crippen LogP contribution in [0.15, 0.2) is 23.1 Å². The van der Waals surface area contributed by atoms with Gasteiger partial charge in [0.05, 0.1) is 0 Å². The minimum Gasteiger partial charge on any atom is -0.399 e. The van der Waals surface area contributed by atoms with Gasteiger partial charge in [0.2, 0.25) is 4.73 Å². The van der Waals surface area contributed by atoms with Gasteiger partial charge in [0.25, 0.3) is 0 Å². The highest BCUT2D eigenvalue weighted by Crippen LogP contribution is 2.09. The number of rotatable bonds is 0. The quantitative estimate of drug-likeness (QED) is 0.770. The Balaban J connectivity index is 0.000000720. The second-order valence-electron chi connectivity index (χ2n) is 2.14. The molecule has 2 rings (SSSR count). The molecule has 6 heteroatoms. The van der Waals surface area contributed by atoms with Crippen LogP contribution in [-0.4, -0.2) is 14.6 Å². The summed E-state index contributed by atoms with van der Waals surface area (Å²) in [5.74, 6) is 0. The lowest BCUT2D eigenvalue weighted by molar-refractivity contribution is 0.946. The summed E-state index contributed by atoms with van der Waals surface area (Å²) in [4.78, 5) is 4.06. The number of pyridine rings is 1. The van der Waals surface area contributed by atoms with E-state index in [1.807, 2.05) is 0 Å². The first-order valence-corrected chi connectivity index (χ1v) is 3.82. The molecule has 64 valence electrons. The van der Waals surface area contributed by atoms with Gasteiger partial charge in [-0.2, -0.15) is 0 Å². The van der Waals surface area contributed by atoms with Crippen molar-refractivity contribution in [3.63, 3.8) is 0 Å². The van der Waals surface area contributed by atoms with Crippen LogP contribution in [0.1, 0.15) is 0 Å². The summed E-state index contributed by atoms with van der Waals surface area (Å²) in [6.45, 7) is 0. The average Bonchev–Trinajstić information content (AvgIpc) is 2.27. The first-order valence-electron chi connectivity index (χ1n) is 3.03. The number of halogens is 2. The molecule has 0 saturated heterocycles. The van der Waals surface area contributed by atoms with Crippen molar-refractivity contribution in [1.29, 1.82) is 0 Å². The van der Waals surface area contributed by atoms with Crippen LogP contribution in [0.2, 0.25) is 0 Å². The zero-order valence-corrected chi connectivity index (χ0v) is 8.34. The Hall–Kier alpha value is -0.810. The van der Waals surface area contributed by atoms with Crippen LogP contribution >= 0.6 is 28.3 Å². The van der Waals surface area contributed by atoms with Crippen molar-refractivity contribution in [2.24, 2.45) is 0 Å². The molecular formula is C6H6BrClN4. The number of hydrogen-bond acceptors (Lipinski definition) is 3. The molecule has 0 fully saturated rings. The van der Waals surface area contributed by atoms with Gasteiger partial charge in [-0.25, -0.2) is 9.50 Å². The number of nitrogen functional groups attached to an aromatic ring is 1. The molecule has 0 unspecified atom stereocenters. The zero-order valence-electron chi connectivity index (χ0n) is 5.94. The summed E-state index contributed by atoms with van der Waals surface area (Å²) in [6, 6.07) is 3.53. The molecule has 4 nitrogen and oxygen atoms in total. The highest BCUT2D eigenvalue weighted by atomic mass is 79.9. The van der Waals surface area contributed by atoms with E-state index >= 15 is 0 Å². The van der Waals surface area contributed by atoms with Gasteiger partial charge >= 0.3 is 0 Å². The van der Waals surface area contributed by atoms with Gasteiger partial charge in [-0.3, -0.25) is 0 Å². The molecule has 0 aromatic carbocycles. The van der Waals surface area contributed by atoms with E-state index in [0.717, 1.165) is 5.65 Å². The van der Waals surface area contributed by atoms with Crippen molar-refractivity contribution in [3.05, 3.63) is 23.1 Å². The van der Waals surface area contributed by atoms with Gasteiger partial charge in [-0.15, -0.1) is 17.5 Å². The van der Waals surface area contributed by atoms with Crippen molar-refractivity contribution < 1.29 is 0 Å². The molecule has 0 spiro atoms. The van der Waals surface area contributed by atoms with Crippen LogP contribution in [0.5, 0.6) is 0 Å². The largest absolute Gasteiger partial charge is 0.399 e. The van der Waals surface area contributed by atoms with Gasteiger partial charge in [0, 0.05) is 18.0 Å². The molecular weight excluding hydrogens is 243 g/mol. The first-order chi connectivity index (χ1) is 5.25.